The van der Waals surface area contributed by atoms with Crippen molar-refractivity contribution in [2.45, 2.75) is 25.5 Å². The molecule has 0 aromatic rings. The molecular formula is C10H20NO5S+. The summed E-state index contributed by atoms with van der Waals surface area (Å²) in [5.41, 5.74) is 0.277. The Morgan fingerprint density at radius 2 is 1.94 bits per heavy atom. The zero-order valence-corrected chi connectivity index (χ0v) is 11.5. The van der Waals surface area contributed by atoms with Crippen molar-refractivity contribution in [3.63, 3.8) is 0 Å². The van der Waals surface area contributed by atoms with Crippen LogP contribution in [0.5, 0.6) is 0 Å². The van der Waals surface area contributed by atoms with Crippen LogP contribution in [0.1, 0.15) is 20.3 Å². The summed E-state index contributed by atoms with van der Waals surface area (Å²) in [6.45, 7) is 6.66. The zero-order valence-electron chi connectivity index (χ0n) is 10.6. The number of hydroxylamine groups is 3. The van der Waals surface area contributed by atoms with Gasteiger partial charge in [-0.2, -0.15) is 8.42 Å². The molecule has 0 amide bonds. The van der Waals surface area contributed by atoms with E-state index in [1.54, 1.807) is 14.1 Å². The Hall–Kier alpha value is -0.920. The Morgan fingerprint density at radius 1 is 1.47 bits per heavy atom. The van der Waals surface area contributed by atoms with E-state index in [-0.39, 0.29) is 23.2 Å². The molecule has 7 heteroatoms. The molecule has 0 heterocycles. The van der Waals surface area contributed by atoms with Gasteiger partial charge in [0.15, 0.2) is 0 Å². The lowest BCUT2D eigenvalue weighted by Crippen LogP contribution is -2.44. The molecule has 0 radical (unpaired) electrons. The minimum absolute atomic E-state index is 0.119. The van der Waals surface area contributed by atoms with Crippen LogP contribution in [0, 0.1) is 0 Å². The van der Waals surface area contributed by atoms with E-state index in [1.807, 2.05) is 0 Å². The smallest absolute Gasteiger partial charge is 0.285 e. The van der Waals surface area contributed by atoms with Crippen molar-refractivity contribution in [1.82, 2.24) is 0 Å². The summed E-state index contributed by atoms with van der Waals surface area (Å²) in [4.78, 5) is 16.4. The van der Waals surface area contributed by atoms with Crippen LogP contribution in [0.25, 0.3) is 0 Å². The molecule has 100 valence electrons. The van der Waals surface area contributed by atoms with Crippen LogP contribution < -0.4 is 0 Å². The van der Waals surface area contributed by atoms with Crippen molar-refractivity contribution in [2.24, 2.45) is 0 Å². The van der Waals surface area contributed by atoms with Gasteiger partial charge < -0.3 is 0 Å². The van der Waals surface area contributed by atoms with Crippen LogP contribution >= 0.6 is 0 Å². The number of hydrogen-bond donors (Lipinski definition) is 1. The van der Waals surface area contributed by atoms with E-state index in [1.165, 1.54) is 13.8 Å². The molecule has 0 rings (SSSR count). The summed E-state index contributed by atoms with van der Waals surface area (Å²) in [5.74, 6) is -0.533. The maximum absolute atomic E-state index is 11.3. The molecule has 6 nitrogen and oxygen atoms in total. The van der Waals surface area contributed by atoms with Crippen LogP contribution in [0.3, 0.4) is 0 Å². The Kier molecular flexibility index (Phi) is 5.31. The number of hydrogen-bond acceptors (Lipinski definition) is 4. The molecule has 0 saturated carbocycles. The first-order chi connectivity index (χ1) is 7.46. The summed E-state index contributed by atoms with van der Waals surface area (Å²) < 4.78 is 30.3. The molecule has 0 saturated heterocycles. The first-order valence-electron chi connectivity index (χ1n) is 5.14. The molecule has 0 bridgehead atoms. The summed E-state index contributed by atoms with van der Waals surface area (Å²) in [6, 6.07) is 0. The summed E-state index contributed by atoms with van der Waals surface area (Å²) >= 11 is 0. The summed E-state index contributed by atoms with van der Waals surface area (Å²) in [6.07, 6.45) is 0.190. The lowest BCUT2D eigenvalue weighted by Gasteiger charge is -2.26. The van der Waals surface area contributed by atoms with Gasteiger partial charge in [0.25, 0.3) is 10.1 Å². The van der Waals surface area contributed by atoms with Crippen LogP contribution in [0.2, 0.25) is 0 Å². The Bertz CT molecular complexity index is 399. The molecule has 0 spiro atoms. The van der Waals surface area contributed by atoms with Crippen molar-refractivity contribution in [3.05, 3.63) is 12.2 Å². The molecule has 1 N–H and O–H groups in total. The third kappa shape index (κ3) is 6.40. The number of quaternary nitrogens is 1. The highest BCUT2D eigenvalue weighted by atomic mass is 32.2. The van der Waals surface area contributed by atoms with E-state index in [0.29, 0.717) is 0 Å². The average Bonchev–Trinajstić information content (AvgIpc) is 2.11. The van der Waals surface area contributed by atoms with Crippen molar-refractivity contribution >= 4 is 16.1 Å². The Balaban J connectivity index is 4.38. The number of nitrogens with zero attached hydrogens (tertiary/aromatic N) is 1. The van der Waals surface area contributed by atoms with Crippen LogP contribution in [0.15, 0.2) is 12.2 Å². The predicted octanol–water partition coefficient (Wildman–Crippen LogP) is 0.764. The second-order valence-corrected chi connectivity index (χ2v) is 6.41. The Labute approximate surface area is 102 Å². The largest absolute Gasteiger partial charge is 0.392 e. The number of carbonyl (C=O) groups is 1. The van der Waals surface area contributed by atoms with Gasteiger partial charge in [0.05, 0.1) is 5.25 Å². The first kappa shape index (κ1) is 16.1. The fourth-order valence-corrected chi connectivity index (χ4v) is 1.39. The van der Waals surface area contributed by atoms with Crippen LogP contribution in [-0.2, 0) is 19.8 Å². The first-order valence-corrected chi connectivity index (χ1v) is 6.65. The minimum Gasteiger partial charge on any atom is -0.285 e. The SMILES string of the molecule is C=C(C)C(=O)O[N+](C)(C)CCC(C)S(=O)(=O)O. The van der Waals surface area contributed by atoms with Crippen molar-refractivity contribution in [3.8, 4) is 0 Å². The lowest BCUT2D eigenvalue weighted by molar-refractivity contribution is -1.06. The van der Waals surface area contributed by atoms with E-state index in [9.17, 15) is 13.2 Å². The molecule has 17 heavy (non-hydrogen) atoms. The van der Waals surface area contributed by atoms with E-state index in [4.69, 9.17) is 9.39 Å². The van der Waals surface area contributed by atoms with E-state index in [2.05, 4.69) is 6.58 Å². The molecule has 0 fully saturated rings. The van der Waals surface area contributed by atoms with Crippen LogP contribution in [-0.4, -0.2) is 49.5 Å². The fraction of sp³-hybridized carbons (Fsp3) is 0.700. The maximum atomic E-state index is 11.3. The van der Waals surface area contributed by atoms with Gasteiger partial charge >= 0.3 is 5.97 Å². The van der Waals surface area contributed by atoms with E-state index in [0.717, 1.165) is 0 Å². The van der Waals surface area contributed by atoms with Gasteiger partial charge in [-0.15, -0.1) is 4.65 Å². The maximum Gasteiger partial charge on any atom is 0.392 e. The van der Waals surface area contributed by atoms with Crippen LogP contribution in [0.4, 0.5) is 0 Å². The monoisotopic (exact) mass is 266 g/mol. The van der Waals surface area contributed by atoms with Gasteiger partial charge in [-0.1, -0.05) is 6.58 Å². The number of carbonyl (C=O) groups excluding carboxylic acids is 1. The fourth-order valence-electron chi connectivity index (χ4n) is 0.990. The molecule has 1 unspecified atom stereocenters. The highest BCUT2D eigenvalue weighted by Gasteiger charge is 2.26. The normalized spacial score (nSPS) is 14.2. The topological polar surface area (TPSA) is 80.7 Å². The van der Waals surface area contributed by atoms with Crippen molar-refractivity contribution in [2.75, 3.05) is 20.6 Å². The lowest BCUT2D eigenvalue weighted by atomic mass is 10.3. The summed E-state index contributed by atoms with van der Waals surface area (Å²) in [5, 5.41) is -0.886. The standard InChI is InChI=1S/C10H19NO5S/c1-8(2)10(12)16-11(4,5)7-6-9(3)17(13,14)15/h9H,1,6-7H2,2-5H3/p+1. The quantitative estimate of drug-likeness (QED) is 0.332. The van der Waals surface area contributed by atoms with Crippen molar-refractivity contribution < 1.29 is 27.2 Å². The summed E-state index contributed by atoms with van der Waals surface area (Å²) in [7, 11) is -0.793. The molecular weight excluding hydrogens is 246 g/mol. The molecule has 0 aromatic heterocycles. The second-order valence-electron chi connectivity index (χ2n) is 4.57. The average molecular weight is 266 g/mol. The van der Waals surface area contributed by atoms with Gasteiger partial charge in [-0.25, -0.2) is 4.79 Å². The Morgan fingerprint density at radius 3 is 2.29 bits per heavy atom. The van der Waals surface area contributed by atoms with Gasteiger partial charge in [0.2, 0.25) is 0 Å². The van der Waals surface area contributed by atoms with Crippen molar-refractivity contribution in [1.29, 1.82) is 0 Å². The van der Waals surface area contributed by atoms with E-state index >= 15 is 0 Å². The molecule has 0 aliphatic carbocycles. The minimum atomic E-state index is -4.04. The highest BCUT2D eigenvalue weighted by Crippen LogP contribution is 2.10. The third-order valence-corrected chi connectivity index (χ3v) is 3.51. The predicted molar refractivity (Wildman–Crippen MR) is 63.5 cm³/mol. The van der Waals surface area contributed by atoms with Gasteiger partial charge in [-0.3, -0.25) is 9.39 Å². The second kappa shape index (κ2) is 5.61. The third-order valence-electron chi connectivity index (χ3n) is 2.26. The van der Waals surface area contributed by atoms with Gasteiger partial charge in [0, 0.05) is 12.0 Å². The molecule has 1 atom stereocenters. The number of rotatable bonds is 6. The van der Waals surface area contributed by atoms with E-state index < -0.39 is 21.3 Å². The molecule has 0 aliphatic heterocycles. The van der Waals surface area contributed by atoms with Gasteiger partial charge in [-0.05, 0) is 13.8 Å². The highest BCUT2D eigenvalue weighted by molar-refractivity contribution is 7.86. The van der Waals surface area contributed by atoms with Gasteiger partial charge in [0.1, 0.15) is 20.6 Å². The molecule has 0 aliphatic rings. The zero-order chi connectivity index (χ0) is 13.9. The molecule has 0 aromatic carbocycles.